The molecule has 1 aliphatic heterocycles. The Bertz CT molecular complexity index is 402. The Kier molecular flexibility index (Phi) is 3.75. The van der Waals surface area contributed by atoms with Crippen LogP contribution in [0.15, 0.2) is 0 Å². The molecule has 2 fully saturated rings. The average Bonchev–Trinajstić information content (AvgIpc) is 2.59. The fraction of sp³-hybridized carbons (Fsp3) is 1.00. The highest BCUT2D eigenvalue weighted by atomic mass is 32.2. The fourth-order valence-corrected chi connectivity index (χ4v) is 4.78. The molecule has 0 aromatic carbocycles. The van der Waals surface area contributed by atoms with Gasteiger partial charge >= 0.3 is 0 Å². The van der Waals surface area contributed by atoms with Crippen molar-refractivity contribution >= 4 is 10.2 Å². The lowest BCUT2D eigenvalue weighted by Gasteiger charge is -2.29. The van der Waals surface area contributed by atoms with Gasteiger partial charge in [-0.1, -0.05) is 6.42 Å². The third-order valence-corrected chi connectivity index (χ3v) is 5.74. The van der Waals surface area contributed by atoms with Gasteiger partial charge < -0.3 is 5.73 Å². The molecule has 0 aromatic rings. The molecular weight excluding hydrogens is 250 g/mol. The maximum atomic E-state index is 12.3. The molecule has 3 atom stereocenters. The standard InChI is InChI=1S/C12H25N3O2S/c1-12(2,3)14-18(16,17)15-7-9-5-4-6-11(13)10(9)8-15/h9-11,14H,4-8,13H2,1-3H3. The van der Waals surface area contributed by atoms with Gasteiger partial charge in [0.1, 0.15) is 0 Å². The Labute approximate surface area is 110 Å². The number of hydrogen-bond acceptors (Lipinski definition) is 3. The van der Waals surface area contributed by atoms with Crippen LogP contribution in [0.3, 0.4) is 0 Å². The van der Waals surface area contributed by atoms with Gasteiger partial charge in [-0.2, -0.15) is 17.4 Å². The zero-order valence-corrected chi connectivity index (χ0v) is 12.3. The van der Waals surface area contributed by atoms with E-state index in [4.69, 9.17) is 5.73 Å². The Morgan fingerprint density at radius 1 is 1.22 bits per heavy atom. The number of fused-ring (bicyclic) bond motifs is 1. The summed E-state index contributed by atoms with van der Waals surface area (Å²) in [6, 6.07) is 0.165. The van der Waals surface area contributed by atoms with Crippen LogP contribution >= 0.6 is 0 Å². The van der Waals surface area contributed by atoms with Crippen LogP contribution in [0.5, 0.6) is 0 Å². The molecule has 0 amide bonds. The van der Waals surface area contributed by atoms with Crippen molar-refractivity contribution in [2.24, 2.45) is 17.6 Å². The van der Waals surface area contributed by atoms with Crippen LogP contribution < -0.4 is 10.5 Å². The maximum absolute atomic E-state index is 12.3. The van der Waals surface area contributed by atoms with Crippen molar-refractivity contribution in [3.63, 3.8) is 0 Å². The summed E-state index contributed by atoms with van der Waals surface area (Å²) in [5.41, 5.74) is 5.67. The first kappa shape index (κ1) is 14.2. The molecule has 0 radical (unpaired) electrons. The van der Waals surface area contributed by atoms with Crippen LogP contribution in [-0.2, 0) is 10.2 Å². The minimum Gasteiger partial charge on any atom is -0.327 e. The van der Waals surface area contributed by atoms with E-state index in [1.54, 1.807) is 4.31 Å². The van der Waals surface area contributed by atoms with E-state index < -0.39 is 15.7 Å². The molecule has 0 aromatic heterocycles. The molecule has 2 aliphatic rings. The van der Waals surface area contributed by atoms with E-state index >= 15 is 0 Å². The van der Waals surface area contributed by atoms with E-state index in [0.717, 1.165) is 19.3 Å². The molecule has 1 saturated heterocycles. The van der Waals surface area contributed by atoms with Crippen molar-refractivity contribution in [2.45, 2.75) is 51.6 Å². The van der Waals surface area contributed by atoms with Crippen molar-refractivity contribution in [2.75, 3.05) is 13.1 Å². The summed E-state index contributed by atoms with van der Waals surface area (Å²) in [4.78, 5) is 0. The van der Waals surface area contributed by atoms with Crippen LogP contribution in [0.25, 0.3) is 0 Å². The van der Waals surface area contributed by atoms with Crippen LogP contribution in [-0.4, -0.2) is 37.4 Å². The van der Waals surface area contributed by atoms with Crippen LogP contribution in [0, 0.1) is 11.8 Å². The summed E-state index contributed by atoms with van der Waals surface area (Å²) in [6.45, 7) is 6.79. The van der Waals surface area contributed by atoms with E-state index in [-0.39, 0.29) is 6.04 Å². The lowest BCUT2D eigenvalue weighted by atomic mass is 9.78. The Balaban J connectivity index is 2.08. The average molecular weight is 275 g/mol. The van der Waals surface area contributed by atoms with Crippen LogP contribution in [0.4, 0.5) is 0 Å². The molecule has 0 bridgehead atoms. The van der Waals surface area contributed by atoms with Gasteiger partial charge in [0.2, 0.25) is 0 Å². The summed E-state index contributed by atoms with van der Waals surface area (Å²) in [5.74, 6) is 0.792. The van der Waals surface area contributed by atoms with Gasteiger partial charge in [0.05, 0.1) is 0 Å². The molecule has 3 N–H and O–H groups in total. The second kappa shape index (κ2) is 4.74. The first-order valence-corrected chi connectivity index (χ1v) is 8.18. The summed E-state index contributed by atoms with van der Waals surface area (Å²) in [5, 5.41) is 0. The van der Waals surface area contributed by atoms with Gasteiger partial charge in [-0.3, -0.25) is 0 Å². The van der Waals surface area contributed by atoms with Crippen molar-refractivity contribution in [1.82, 2.24) is 9.03 Å². The van der Waals surface area contributed by atoms with Gasteiger partial charge in [0.15, 0.2) is 0 Å². The summed E-state index contributed by atoms with van der Waals surface area (Å²) >= 11 is 0. The van der Waals surface area contributed by atoms with Crippen molar-refractivity contribution in [1.29, 1.82) is 0 Å². The zero-order valence-electron chi connectivity index (χ0n) is 11.5. The molecule has 5 nitrogen and oxygen atoms in total. The summed E-state index contributed by atoms with van der Waals surface area (Å²) < 4.78 is 28.8. The zero-order chi connectivity index (χ0) is 13.6. The Hall–Kier alpha value is -0.170. The molecule has 2 rings (SSSR count). The first-order valence-electron chi connectivity index (χ1n) is 6.74. The SMILES string of the molecule is CC(C)(C)NS(=O)(=O)N1CC2CCCC(N)C2C1. The maximum Gasteiger partial charge on any atom is 0.279 e. The quantitative estimate of drug-likeness (QED) is 0.778. The fourth-order valence-electron chi connectivity index (χ4n) is 3.12. The van der Waals surface area contributed by atoms with E-state index in [1.165, 1.54) is 0 Å². The number of nitrogens with one attached hydrogen (secondary N) is 1. The normalized spacial score (nSPS) is 34.6. The Morgan fingerprint density at radius 3 is 2.44 bits per heavy atom. The van der Waals surface area contributed by atoms with Crippen molar-refractivity contribution in [3.05, 3.63) is 0 Å². The Morgan fingerprint density at radius 2 is 1.89 bits per heavy atom. The minimum absolute atomic E-state index is 0.165. The van der Waals surface area contributed by atoms with Gasteiger partial charge in [0.25, 0.3) is 10.2 Å². The highest BCUT2D eigenvalue weighted by Gasteiger charge is 2.43. The van der Waals surface area contributed by atoms with Gasteiger partial charge in [-0.05, 0) is 45.4 Å². The molecule has 3 unspecified atom stereocenters. The molecule has 1 heterocycles. The van der Waals surface area contributed by atoms with Crippen molar-refractivity contribution < 1.29 is 8.42 Å². The second-order valence-corrected chi connectivity index (χ2v) is 8.36. The van der Waals surface area contributed by atoms with Crippen molar-refractivity contribution in [3.8, 4) is 0 Å². The van der Waals surface area contributed by atoms with E-state index in [1.807, 2.05) is 20.8 Å². The molecule has 0 spiro atoms. The van der Waals surface area contributed by atoms with Crippen LogP contribution in [0.1, 0.15) is 40.0 Å². The summed E-state index contributed by atoms with van der Waals surface area (Å²) in [6.07, 6.45) is 3.27. The van der Waals surface area contributed by atoms with Gasteiger partial charge in [-0.15, -0.1) is 0 Å². The number of nitrogens with two attached hydrogens (primary N) is 1. The number of hydrogen-bond donors (Lipinski definition) is 2. The van der Waals surface area contributed by atoms with E-state index in [0.29, 0.717) is 24.9 Å². The lowest BCUT2D eigenvalue weighted by molar-refractivity contribution is 0.260. The van der Waals surface area contributed by atoms with E-state index in [9.17, 15) is 8.42 Å². The highest BCUT2D eigenvalue weighted by molar-refractivity contribution is 7.87. The number of nitrogens with zero attached hydrogens (tertiary/aromatic N) is 1. The largest absolute Gasteiger partial charge is 0.327 e. The molecule has 106 valence electrons. The highest BCUT2D eigenvalue weighted by Crippen LogP contribution is 2.36. The third-order valence-electron chi connectivity index (χ3n) is 3.90. The smallest absolute Gasteiger partial charge is 0.279 e. The monoisotopic (exact) mass is 275 g/mol. The van der Waals surface area contributed by atoms with Crippen LogP contribution in [0.2, 0.25) is 0 Å². The second-order valence-electron chi connectivity index (χ2n) is 6.69. The van der Waals surface area contributed by atoms with Gasteiger partial charge in [-0.25, -0.2) is 0 Å². The topological polar surface area (TPSA) is 75.4 Å². The van der Waals surface area contributed by atoms with E-state index in [2.05, 4.69) is 4.72 Å². The molecule has 6 heteroatoms. The molecule has 18 heavy (non-hydrogen) atoms. The van der Waals surface area contributed by atoms with Gasteiger partial charge in [0, 0.05) is 24.7 Å². The molecule has 1 saturated carbocycles. The third kappa shape index (κ3) is 3.04. The molecular formula is C12H25N3O2S. The molecule has 1 aliphatic carbocycles. The predicted molar refractivity (Wildman–Crippen MR) is 72.2 cm³/mol. The lowest BCUT2D eigenvalue weighted by Crippen LogP contribution is -2.48. The summed E-state index contributed by atoms with van der Waals surface area (Å²) in [7, 11) is -3.37. The predicted octanol–water partition coefficient (Wildman–Crippen LogP) is 0.679. The number of rotatable bonds is 2. The minimum atomic E-state index is -3.37. The first-order chi connectivity index (χ1) is 8.19.